The molecule has 1 saturated heterocycles. The number of alkyl halides is 3. The fourth-order valence-corrected chi connectivity index (χ4v) is 2.51. The van der Waals surface area contributed by atoms with Crippen molar-refractivity contribution in [1.29, 1.82) is 0 Å². The van der Waals surface area contributed by atoms with Gasteiger partial charge in [-0.3, -0.25) is 4.79 Å². The summed E-state index contributed by atoms with van der Waals surface area (Å²) in [7, 11) is 0. The lowest BCUT2D eigenvalue weighted by molar-refractivity contribution is -0.136. The molecule has 0 bridgehead atoms. The maximum Gasteiger partial charge on any atom is 0.418 e. The second-order valence-electron chi connectivity index (χ2n) is 4.82. The maximum atomic E-state index is 13.2. The Balaban J connectivity index is 2.12. The van der Waals surface area contributed by atoms with Crippen molar-refractivity contribution in [3.63, 3.8) is 0 Å². The summed E-state index contributed by atoms with van der Waals surface area (Å²) in [6.45, 7) is 0.726. The number of carbonyl (C=O) groups is 1. The monoisotopic (exact) mass is 286 g/mol. The summed E-state index contributed by atoms with van der Waals surface area (Å²) in [4.78, 5) is 12.0. The molecular formula is C13H10F4N2O. The number of amides is 1. The number of fused-ring (bicyclic) bond motifs is 1. The van der Waals surface area contributed by atoms with Crippen molar-refractivity contribution in [2.45, 2.75) is 12.2 Å². The lowest BCUT2D eigenvalue weighted by Crippen LogP contribution is -2.46. The minimum Gasteiger partial charge on any atom is -0.341 e. The number of halogens is 4. The van der Waals surface area contributed by atoms with E-state index >= 15 is 0 Å². The van der Waals surface area contributed by atoms with E-state index in [2.05, 4.69) is 0 Å². The lowest BCUT2D eigenvalue weighted by atomic mass is 10.1. The largest absolute Gasteiger partial charge is 0.418 e. The van der Waals surface area contributed by atoms with Gasteiger partial charge in [0.2, 0.25) is 6.41 Å². The number of likely N-dealkylation sites (tertiary alicyclic amines) is 1. The van der Waals surface area contributed by atoms with Crippen LogP contribution in [0.4, 0.5) is 17.6 Å². The van der Waals surface area contributed by atoms with Gasteiger partial charge in [-0.1, -0.05) is 0 Å². The molecule has 106 valence electrons. The first-order chi connectivity index (χ1) is 9.40. The van der Waals surface area contributed by atoms with Crippen LogP contribution in [0.5, 0.6) is 0 Å². The van der Waals surface area contributed by atoms with Gasteiger partial charge in [-0.15, -0.1) is 0 Å². The summed E-state index contributed by atoms with van der Waals surface area (Å²) in [6.07, 6.45) is -2.88. The standard InChI is InChI=1S/C13H10F4N2O/c14-8-1-2-12-10(3-8)11(13(15,16)17)6-19(12)9-4-18(5-9)7-20/h1-3,6-7,9H,4-5H2. The average Bonchev–Trinajstić information content (AvgIpc) is 2.66. The van der Waals surface area contributed by atoms with Crippen LogP contribution in [0.3, 0.4) is 0 Å². The number of benzene rings is 1. The Labute approximate surface area is 111 Å². The van der Waals surface area contributed by atoms with Crippen molar-refractivity contribution in [3.8, 4) is 0 Å². The molecule has 3 nitrogen and oxygen atoms in total. The van der Waals surface area contributed by atoms with Crippen molar-refractivity contribution in [2.24, 2.45) is 0 Å². The first-order valence-electron chi connectivity index (χ1n) is 5.97. The van der Waals surface area contributed by atoms with Gasteiger partial charge in [0.05, 0.1) is 11.6 Å². The van der Waals surface area contributed by atoms with E-state index in [1.165, 1.54) is 15.5 Å². The lowest BCUT2D eigenvalue weighted by Gasteiger charge is -2.37. The van der Waals surface area contributed by atoms with E-state index in [9.17, 15) is 22.4 Å². The van der Waals surface area contributed by atoms with E-state index in [0.717, 1.165) is 18.3 Å². The van der Waals surface area contributed by atoms with Crippen LogP contribution in [-0.4, -0.2) is 29.0 Å². The molecule has 0 saturated carbocycles. The van der Waals surface area contributed by atoms with E-state index in [1.54, 1.807) is 0 Å². The summed E-state index contributed by atoms with van der Waals surface area (Å²) in [6, 6.07) is 3.16. The molecule has 1 aromatic carbocycles. The zero-order chi connectivity index (χ0) is 14.5. The fraction of sp³-hybridized carbons (Fsp3) is 0.308. The van der Waals surface area contributed by atoms with Crippen LogP contribution < -0.4 is 0 Å². The predicted octanol–water partition coefficient (Wildman–Crippen LogP) is 2.81. The van der Waals surface area contributed by atoms with Crippen LogP contribution in [0.1, 0.15) is 11.6 Å². The maximum absolute atomic E-state index is 13.2. The first-order valence-corrected chi connectivity index (χ1v) is 5.97. The number of rotatable bonds is 2. The molecule has 7 heteroatoms. The molecule has 1 aliphatic heterocycles. The van der Waals surface area contributed by atoms with Gasteiger partial charge >= 0.3 is 6.18 Å². The number of nitrogens with zero attached hydrogens (tertiary/aromatic N) is 2. The Morgan fingerprint density at radius 2 is 1.95 bits per heavy atom. The van der Waals surface area contributed by atoms with Crippen molar-refractivity contribution >= 4 is 17.3 Å². The third-order valence-corrected chi connectivity index (χ3v) is 3.53. The van der Waals surface area contributed by atoms with Crippen molar-refractivity contribution in [1.82, 2.24) is 9.47 Å². The topological polar surface area (TPSA) is 25.2 Å². The molecule has 1 fully saturated rings. The molecule has 0 spiro atoms. The van der Waals surface area contributed by atoms with Gasteiger partial charge in [-0.2, -0.15) is 13.2 Å². The Kier molecular flexibility index (Phi) is 2.74. The normalized spacial score (nSPS) is 16.5. The quantitative estimate of drug-likeness (QED) is 0.615. The number of aromatic nitrogens is 1. The Morgan fingerprint density at radius 1 is 1.25 bits per heavy atom. The summed E-state index contributed by atoms with van der Waals surface area (Å²) >= 11 is 0. The van der Waals surface area contributed by atoms with Gasteiger partial charge in [0.1, 0.15) is 5.82 Å². The zero-order valence-electron chi connectivity index (χ0n) is 10.2. The molecule has 2 aromatic rings. The second-order valence-corrected chi connectivity index (χ2v) is 4.82. The minimum atomic E-state index is -4.54. The highest BCUT2D eigenvalue weighted by atomic mass is 19.4. The van der Waals surface area contributed by atoms with Gasteiger partial charge in [0, 0.05) is 30.2 Å². The van der Waals surface area contributed by atoms with E-state index in [1.807, 2.05) is 0 Å². The number of hydrogen-bond acceptors (Lipinski definition) is 1. The molecular weight excluding hydrogens is 276 g/mol. The molecule has 0 radical (unpaired) electrons. The molecule has 1 aliphatic rings. The van der Waals surface area contributed by atoms with E-state index in [0.29, 0.717) is 25.0 Å². The minimum absolute atomic E-state index is 0.151. The van der Waals surface area contributed by atoms with Gasteiger partial charge < -0.3 is 9.47 Å². The van der Waals surface area contributed by atoms with Crippen LogP contribution in [0.15, 0.2) is 24.4 Å². The van der Waals surface area contributed by atoms with E-state index in [4.69, 9.17) is 0 Å². The van der Waals surface area contributed by atoms with E-state index < -0.39 is 17.6 Å². The van der Waals surface area contributed by atoms with Crippen LogP contribution in [0.25, 0.3) is 10.9 Å². The summed E-state index contributed by atoms with van der Waals surface area (Å²) in [5, 5.41) is -0.151. The fourth-order valence-electron chi connectivity index (χ4n) is 2.51. The van der Waals surface area contributed by atoms with Crippen LogP contribution in [0.2, 0.25) is 0 Å². The molecule has 0 aliphatic carbocycles. The Morgan fingerprint density at radius 3 is 2.55 bits per heavy atom. The SMILES string of the molecule is O=CN1CC(n2cc(C(F)(F)F)c3cc(F)ccc32)C1. The predicted molar refractivity (Wildman–Crippen MR) is 63.6 cm³/mol. The number of carbonyl (C=O) groups excluding carboxylic acids is 1. The van der Waals surface area contributed by atoms with Gasteiger partial charge in [0.25, 0.3) is 0 Å². The summed E-state index contributed by atoms with van der Waals surface area (Å²) in [5.41, 5.74) is -0.522. The number of hydrogen-bond donors (Lipinski definition) is 0. The smallest absolute Gasteiger partial charge is 0.341 e. The highest BCUT2D eigenvalue weighted by Gasteiger charge is 2.37. The molecule has 0 atom stereocenters. The average molecular weight is 286 g/mol. The van der Waals surface area contributed by atoms with Gasteiger partial charge in [-0.25, -0.2) is 4.39 Å². The van der Waals surface area contributed by atoms with Crippen LogP contribution in [-0.2, 0) is 11.0 Å². The zero-order valence-corrected chi connectivity index (χ0v) is 10.2. The Hall–Kier alpha value is -2.05. The molecule has 1 aromatic heterocycles. The third kappa shape index (κ3) is 1.93. The van der Waals surface area contributed by atoms with Gasteiger partial charge in [-0.05, 0) is 18.2 Å². The second kappa shape index (κ2) is 4.22. The van der Waals surface area contributed by atoms with Gasteiger partial charge in [0.15, 0.2) is 0 Å². The third-order valence-electron chi connectivity index (χ3n) is 3.53. The van der Waals surface area contributed by atoms with Crippen molar-refractivity contribution in [3.05, 3.63) is 35.8 Å². The van der Waals surface area contributed by atoms with Crippen LogP contribution >= 0.6 is 0 Å². The van der Waals surface area contributed by atoms with Crippen molar-refractivity contribution in [2.75, 3.05) is 13.1 Å². The van der Waals surface area contributed by atoms with Crippen LogP contribution in [0, 0.1) is 5.82 Å². The first kappa shape index (κ1) is 13.0. The Bertz CT molecular complexity index is 671. The molecule has 2 heterocycles. The molecule has 0 N–H and O–H groups in total. The molecule has 20 heavy (non-hydrogen) atoms. The highest BCUT2D eigenvalue weighted by Crippen LogP contribution is 2.38. The molecule has 0 unspecified atom stereocenters. The highest BCUT2D eigenvalue weighted by molar-refractivity contribution is 5.85. The molecule has 1 amide bonds. The van der Waals surface area contributed by atoms with E-state index in [-0.39, 0.29) is 11.4 Å². The summed E-state index contributed by atoms with van der Waals surface area (Å²) < 4.78 is 53.6. The molecule has 3 rings (SSSR count). The summed E-state index contributed by atoms with van der Waals surface area (Å²) in [5.74, 6) is -0.705. The van der Waals surface area contributed by atoms with Crippen molar-refractivity contribution < 1.29 is 22.4 Å².